The van der Waals surface area contributed by atoms with E-state index < -0.39 is 6.04 Å². The van der Waals surface area contributed by atoms with Gasteiger partial charge in [0.05, 0.1) is 18.1 Å². The van der Waals surface area contributed by atoms with Crippen molar-refractivity contribution < 1.29 is 9.53 Å². The number of carbonyl (C=O) groups is 1. The zero-order valence-corrected chi connectivity index (χ0v) is 15.9. The van der Waals surface area contributed by atoms with Crippen LogP contribution in [0.15, 0.2) is 48.9 Å². The molecule has 7 heteroatoms. The second-order valence-corrected chi connectivity index (χ2v) is 6.39. The van der Waals surface area contributed by atoms with Crippen molar-refractivity contribution in [2.45, 2.75) is 19.9 Å². The molecule has 1 unspecified atom stereocenters. The van der Waals surface area contributed by atoms with Crippen molar-refractivity contribution in [3.05, 3.63) is 65.6 Å². The Morgan fingerprint density at radius 2 is 1.96 bits per heavy atom. The third kappa shape index (κ3) is 4.51. The van der Waals surface area contributed by atoms with E-state index in [9.17, 15) is 4.79 Å². The Morgan fingerprint density at radius 1 is 1.15 bits per heavy atom. The number of aromatic nitrogens is 3. The molecule has 2 aromatic heterocycles. The Morgan fingerprint density at radius 3 is 2.56 bits per heavy atom. The number of benzene rings is 1. The summed E-state index contributed by atoms with van der Waals surface area (Å²) in [5.74, 6) is 1.01. The van der Waals surface area contributed by atoms with Crippen LogP contribution in [0.25, 0.3) is 0 Å². The maximum atomic E-state index is 12.5. The summed E-state index contributed by atoms with van der Waals surface area (Å²) in [5, 5.41) is 9.95. The summed E-state index contributed by atoms with van der Waals surface area (Å²) < 4.78 is 7.43. The Hall–Kier alpha value is -3.19. The number of amides is 1. The van der Waals surface area contributed by atoms with Crippen molar-refractivity contribution in [1.29, 1.82) is 0 Å². The van der Waals surface area contributed by atoms with E-state index in [0.717, 1.165) is 16.9 Å². The molecule has 27 heavy (non-hydrogen) atoms. The van der Waals surface area contributed by atoms with Gasteiger partial charge in [0.2, 0.25) is 11.8 Å². The third-order valence-electron chi connectivity index (χ3n) is 4.31. The molecule has 1 aromatic carbocycles. The van der Waals surface area contributed by atoms with Gasteiger partial charge in [-0.3, -0.25) is 9.48 Å². The van der Waals surface area contributed by atoms with Crippen LogP contribution in [0, 0.1) is 13.8 Å². The van der Waals surface area contributed by atoms with Gasteiger partial charge >= 0.3 is 0 Å². The third-order valence-corrected chi connectivity index (χ3v) is 4.31. The van der Waals surface area contributed by atoms with Gasteiger partial charge in [0.1, 0.15) is 11.8 Å². The fourth-order valence-corrected chi connectivity index (χ4v) is 2.67. The van der Waals surface area contributed by atoms with Gasteiger partial charge in [-0.2, -0.15) is 5.10 Å². The van der Waals surface area contributed by atoms with Crippen LogP contribution in [-0.2, 0) is 11.8 Å². The lowest BCUT2D eigenvalue weighted by Crippen LogP contribution is -2.30. The minimum atomic E-state index is -0.495. The molecule has 0 aliphatic rings. The summed E-state index contributed by atoms with van der Waals surface area (Å²) in [7, 11) is 3.54. The molecule has 3 aromatic rings. The second kappa shape index (κ2) is 8.01. The molecule has 0 aliphatic carbocycles. The smallest absolute Gasteiger partial charge is 0.246 e. The van der Waals surface area contributed by atoms with Crippen molar-refractivity contribution in [2.24, 2.45) is 7.05 Å². The molecule has 0 bridgehead atoms. The number of anilines is 1. The summed E-state index contributed by atoms with van der Waals surface area (Å²) >= 11 is 0. The van der Waals surface area contributed by atoms with E-state index in [1.54, 1.807) is 42.5 Å². The van der Waals surface area contributed by atoms with E-state index in [1.165, 1.54) is 5.56 Å². The highest BCUT2D eigenvalue weighted by Crippen LogP contribution is 2.23. The van der Waals surface area contributed by atoms with Gasteiger partial charge < -0.3 is 15.4 Å². The largest absolute Gasteiger partial charge is 0.439 e. The second-order valence-electron chi connectivity index (χ2n) is 6.39. The number of nitrogens with one attached hydrogen (secondary N) is 2. The average Bonchev–Trinajstić information content (AvgIpc) is 3.06. The first-order chi connectivity index (χ1) is 13.0. The molecular formula is C20H23N5O2. The van der Waals surface area contributed by atoms with Crippen LogP contribution in [0.5, 0.6) is 11.6 Å². The molecule has 2 heterocycles. The van der Waals surface area contributed by atoms with Crippen molar-refractivity contribution in [1.82, 2.24) is 20.1 Å². The quantitative estimate of drug-likeness (QED) is 0.701. The Balaban J connectivity index is 1.66. The van der Waals surface area contributed by atoms with Gasteiger partial charge in [-0.05, 0) is 50.2 Å². The lowest BCUT2D eigenvalue weighted by atomic mass is 10.1. The molecule has 1 atom stereocenters. The van der Waals surface area contributed by atoms with Crippen molar-refractivity contribution in [2.75, 3.05) is 12.4 Å². The van der Waals surface area contributed by atoms with E-state index in [2.05, 4.69) is 27.6 Å². The highest BCUT2D eigenvalue weighted by atomic mass is 16.5. The summed E-state index contributed by atoms with van der Waals surface area (Å²) in [6.45, 7) is 4.09. The van der Waals surface area contributed by atoms with Gasteiger partial charge in [-0.25, -0.2) is 4.98 Å². The number of likely N-dealkylation sites (N-methyl/N-ethyl adjacent to an activating group) is 1. The van der Waals surface area contributed by atoms with E-state index in [-0.39, 0.29) is 5.91 Å². The summed E-state index contributed by atoms with van der Waals surface area (Å²) in [4.78, 5) is 16.8. The molecule has 1 amide bonds. The first kappa shape index (κ1) is 18.6. The predicted octanol–water partition coefficient (Wildman–Crippen LogP) is 3.12. The lowest BCUT2D eigenvalue weighted by molar-refractivity contribution is -0.118. The first-order valence-corrected chi connectivity index (χ1v) is 8.64. The van der Waals surface area contributed by atoms with Crippen LogP contribution >= 0.6 is 0 Å². The predicted molar refractivity (Wildman–Crippen MR) is 104 cm³/mol. The van der Waals surface area contributed by atoms with E-state index >= 15 is 0 Å². The number of hydrogen-bond donors (Lipinski definition) is 2. The molecule has 2 N–H and O–H groups in total. The maximum Gasteiger partial charge on any atom is 0.246 e. The molecule has 0 saturated carbocycles. The Bertz CT molecular complexity index is 934. The first-order valence-electron chi connectivity index (χ1n) is 8.64. The molecule has 0 aliphatic heterocycles. The average molecular weight is 365 g/mol. The summed E-state index contributed by atoms with van der Waals surface area (Å²) in [6, 6.07) is 8.88. The van der Waals surface area contributed by atoms with Crippen molar-refractivity contribution in [3.8, 4) is 11.6 Å². The number of pyridine rings is 1. The van der Waals surface area contributed by atoms with Crippen LogP contribution in [0.2, 0.25) is 0 Å². The van der Waals surface area contributed by atoms with Gasteiger partial charge in [0.15, 0.2) is 0 Å². The van der Waals surface area contributed by atoms with E-state index in [1.807, 2.05) is 32.2 Å². The monoisotopic (exact) mass is 365 g/mol. The molecule has 0 radical (unpaired) electrons. The summed E-state index contributed by atoms with van der Waals surface area (Å²) in [5.41, 5.74) is 3.75. The fraction of sp³-hybridized carbons (Fsp3) is 0.250. The molecule has 0 spiro atoms. The van der Waals surface area contributed by atoms with E-state index in [4.69, 9.17) is 4.74 Å². The van der Waals surface area contributed by atoms with Gasteiger partial charge in [-0.1, -0.05) is 6.07 Å². The van der Waals surface area contributed by atoms with Gasteiger partial charge in [0.25, 0.3) is 0 Å². The topological polar surface area (TPSA) is 81.1 Å². The Kier molecular flexibility index (Phi) is 5.52. The zero-order chi connectivity index (χ0) is 19.4. The van der Waals surface area contributed by atoms with Crippen LogP contribution < -0.4 is 15.4 Å². The highest BCUT2D eigenvalue weighted by Gasteiger charge is 2.20. The standard InChI is InChI=1S/C20H23N5O2/c1-13-5-7-17(9-14(13)2)27-18-8-6-16(11-22-18)24-20(26)19(21-3)15-10-23-25(4)12-15/h5-12,19,21H,1-4H3,(H,24,26). The SMILES string of the molecule is CNC(C(=O)Nc1ccc(Oc2ccc(C)c(C)c2)nc1)c1cnn(C)c1. The number of carbonyl (C=O) groups excluding carboxylic acids is 1. The molecular weight excluding hydrogens is 342 g/mol. The number of aryl methyl sites for hydroxylation is 3. The number of ether oxygens (including phenoxy) is 1. The van der Waals surface area contributed by atoms with Crippen LogP contribution in [-0.4, -0.2) is 27.7 Å². The van der Waals surface area contributed by atoms with Crippen molar-refractivity contribution >= 4 is 11.6 Å². The number of rotatable bonds is 6. The van der Waals surface area contributed by atoms with Crippen molar-refractivity contribution in [3.63, 3.8) is 0 Å². The highest BCUT2D eigenvalue weighted by molar-refractivity contribution is 5.95. The number of hydrogen-bond acceptors (Lipinski definition) is 5. The maximum absolute atomic E-state index is 12.5. The van der Waals surface area contributed by atoms with E-state index in [0.29, 0.717) is 11.6 Å². The van der Waals surface area contributed by atoms with Crippen LogP contribution in [0.4, 0.5) is 5.69 Å². The molecule has 0 fully saturated rings. The minimum Gasteiger partial charge on any atom is -0.439 e. The Labute approximate surface area is 158 Å². The van der Waals surface area contributed by atoms with Crippen LogP contribution in [0.3, 0.4) is 0 Å². The number of nitrogens with zero attached hydrogens (tertiary/aromatic N) is 3. The normalized spacial score (nSPS) is 11.9. The minimum absolute atomic E-state index is 0.185. The molecule has 3 rings (SSSR count). The lowest BCUT2D eigenvalue weighted by Gasteiger charge is -2.14. The molecule has 7 nitrogen and oxygen atoms in total. The summed E-state index contributed by atoms with van der Waals surface area (Å²) in [6.07, 6.45) is 5.04. The zero-order valence-electron chi connectivity index (χ0n) is 15.9. The molecule has 0 saturated heterocycles. The molecule has 140 valence electrons. The van der Waals surface area contributed by atoms with Crippen LogP contribution in [0.1, 0.15) is 22.7 Å². The fourth-order valence-electron chi connectivity index (χ4n) is 2.67. The van der Waals surface area contributed by atoms with Gasteiger partial charge in [0, 0.05) is 24.9 Å². The van der Waals surface area contributed by atoms with Gasteiger partial charge in [-0.15, -0.1) is 0 Å².